The molecule has 3 nitrogen and oxygen atoms in total. The van der Waals surface area contributed by atoms with Gasteiger partial charge >= 0.3 is 0 Å². The normalized spacial score (nSPS) is 13.5. The lowest BCUT2D eigenvalue weighted by Crippen LogP contribution is -2.24. The second kappa shape index (κ2) is 10.2. The van der Waals surface area contributed by atoms with Crippen LogP contribution >= 0.6 is 0 Å². The molecule has 0 atom stereocenters. The molecule has 48 heavy (non-hydrogen) atoms. The van der Waals surface area contributed by atoms with Crippen molar-refractivity contribution in [1.82, 2.24) is 0 Å². The Hall–Kier alpha value is -5.54. The van der Waals surface area contributed by atoms with Crippen molar-refractivity contribution in [3.05, 3.63) is 143 Å². The Bertz CT molecular complexity index is 2610. The smallest absolute Gasteiger partial charge is 0.299 e. The fourth-order valence-corrected chi connectivity index (χ4v) is 8.25. The number of fused-ring (bicyclic) bond motifs is 7. The highest BCUT2D eigenvalue weighted by molar-refractivity contribution is 6.19. The van der Waals surface area contributed by atoms with Crippen molar-refractivity contribution >= 4 is 33.1 Å². The van der Waals surface area contributed by atoms with Crippen LogP contribution in [-0.4, -0.2) is 0 Å². The molecule has 9 rings (SSSR count). The van der Waals surface area contributed by atoms with Gasteiger partial charge in [0.15, 0.2) is 0 Å². The fourth-order valence-electron chi connectivity index (χ4n) is 8.25. The zero-order valence-corrected chi connectivity index (χ0v) is 28.1. The molecule has 0 unspecified atom stereocenters. The summed E-state index contributed by atoms with van der Waals surface area (Å²) in [5.41, 5.74) is 15.9. The summed E-state index contributed by atoms with van der Waals surface area (Å²) >= 11 is 0. The first kappa shape index (κ1) is 28.7. The highest BCUT2D eigenvalue weighted by Crippen LogP contribution is 2.52. The lowest BCUT2D eigenvalue weighted by molar-refractivity contribution is 0.419. The van der Waals surface area contributed by atoms with E-state index >= 15 is 0 Å². The number of rotatable bonds is 3. The maximum absolute atomic E-state index is 6.74. The van der Waals surface area contributed by atoms with Crippen LogP contribution in [-0.2, 0) is 5.41 Å². The van der Waals surface area contributed by atoms with Crippen LogP contribution in [0.3, 0.4) is 0 Å². The number of para-hydroxylation sites is 4. The van der Waals surface area contributed by atoms with Gasteiger partial charge in [0.1, 0.15) is 22.7 Å². The van der Waals surface area contributed by atoms with Gasteiger partial charge in [-0.15, -0.1) is 0 Å². The number of hydrogen-bond donors (Lipinski definition) is 0. The molecule has 0 saturated heterocycles. The second-order valence-corrected chi connectivity index (χ2v) is 13.8. The Kier molecular flexibility index (Phi) is 6.11. The van der Waals surface area contributed by atoms with Crippen molar-refractivity contribution in [2.75, 3.05) is 0 Å². The van der Waals surface area contributed by atoms with E-state index in [0.29, 0.717) is 5.78 Å². The molecule has 0 saturated carbocycles. The van der Waals surface area contributed by atoms with Gasteiger partial charge in [-0.3, -0.25) is 0 Å². The summed E-state index contributed by atoms with van der Waals surface area (Å²) in [6, 6.07) is 38.7. The van der Waals surface area contributed by atoms with Crippen molar-refractivity contribution in [1.29, 1.82) is 0 Å². The lowest BCUT2D eigenvalue weighted by atomic mass is 9.74. The molecule has 2 aromatic heterocycles. The molecule has 0 aliphatic carbocycles. The predicted molar refractivity (Wildman–Crippen MR) is 197 cm³/mol. The van der Waals surface area contributed by atoms with E-state index in [1.807, 2.05) is 18.2 Å². The molecule has 6 aromatic carbocycles. The van der Waals surface area contributed by atoms with Gasteiger partial charge in [0, 0.05) is 38.4 Å². The van der Waals surface area contributed by atoms with Gasteiger partial charge in [-0.25, -0.2) is 0 Å². The van der Waals surface area contributed by atoms with Gasteiger partial charge in [0.05, 0.1) is 5.39 Å². The first-order chi connectivity index (χ1) is 23.2. The zero-order valence-electron chi connectivity index (χ0n) is 28.1. The summed E-state index contributed by atoms with van der Waals surface area (Å²) < 4.78 is 19.4. The van der Waals surface area contributed by atoms with E-state index < -0.39 is 0 Å². The monoisotopic (exact) mass is 624 g/mol. The zero-order chi connectivity index (χ0) is 32.9. The van der Waals surface area contributed by atoms with Gasteiger partial charge in [-0.2, -0.15) is 0 Å². The number of furan rings is 2. The van der Waals surface area contributed by atoms with Gasteiger partial charge in [0.2, 0.25) is 0 Å². The Balaban J connectivity index is 1.23. The van der Waals surface area contributed by atoms with Crippen LogP contribution in [0.2, 0.25) is 0 Å². The first-order valence-electron chi connectivity index (χ1n) is 16.7. The average molecular weight is 625 g/mol. The molecule has 8 aromatic rings. The average Bonchev–Trinajstić information content (AvgIpc) is 3.63. The van der Waals surface area contributed by atoms with Crippen molar-refractivity contribution in [3.8, 4) is 44.9 Å². The number of hydrogen-bond acceptors (Lipinski definition) is 3. The summed E-state index contributed by atoms with van der Waals surface area (Å²) in [7, 11) is 0. The third-order valence-electron chi connectivity index (χ3n) is 10.7. The van der Waals surface area contributed by atoms with Crippen LogP contribution in [0.15, 0.2) is 118 Å². The molecule has 234 valence electrons. The second-order valence-electron chi connectivity index (χ2n) is 13.8. The standard InChI is InChI=1S/C45H36O3/c1-25-21-23-29(27(3)39(25)32-14-11-15-34-41-31-13-7-9-19-37(31)47-44(41)48-42(32)34)30-24-22-26(2)40(28(30)4)33-16-12-18-36-43(33)46-38-20-10-8-17-35(38)45(36,5)6/h7-24H,1-6H3. The molecule has 1 aliphatic heterocycles. The molecule has 0 amide bonds. The summed E-state index contributed by atoms with van der Waals surface area (Å²) in [6.07, 6.45) is 0. The predicted octanol–water partition coefficient (Wildman–Crippen LogP) is 13.0. The number of aryl methyl sites for hydroxylation is 2. The summed E-state index contributed by atoms with van der Waals surface area (Å²) in [4.78, 5) is 0. The Morgan fingerprint density at radius 3 is 1.88 bits per heavy atom. The van der Waals surface area contributed by atoms with Crippen LogP contribution in [0, 0.1) is 27.7 Å². The molecular weight excluding hydrogens is 588 g/mol. The molecule has 0 spiro atoms. The molecule has 3 heteroatoms. The minimum absolute atomic E-state index is 0.178. The van der Waals surface area contributed by atoms with E-state index in [0.717, 1.165) is 50.0 Å². The van der Waals surface area contributed by atoms with E-state index in [4.69, 9.17) is 13.6 Å². The van der Waals surface area contributed by atoms with Gasteiger partial charge in [-0.1, -0.05) is 111 Å². The van der Waals surface area contributed by atoms with Gasteiger partial charge < -0.3 is 13.6 Å². The quantitative estimate of drug-likeness (QED) is 0.196. The third kappa shape index (κ3) is 3.94. The Morgan fingerprint density at radius 1 is 0.500 bits per heavy atom. The number of ether oxygens (including phenoxy) is 1. The first-order valence-corrected chi connectivity index (χ1v) is 16.7. The van der Waals surface area contributed by atoms with Crippen molar-refractivity contribution in [3.63, 3.8) is 0 Å². The van der Waals surface area contributed by atoms with E-state index in [1.54, 1.807) is 0 Å². The molecule has 1 aliphatic rings. The molecule has 0 bridgehead atoms. The molecular formula is C45H36O3. The van der Waals surface area contributed by atoms with E-state index in [9.17, 15) is 0 Å². The maximum atomic E-state index is 6.74. The van der Waals surface area contributed by atoms with E-state index in [1.165, 1.54) is 55.6 Å². The van der Waals surface area contributed by atoms with Crippen LogP contribution < -0.4 is 4.74 Å². The number of benzene rings is 6. The Morgan fingerprint density at radius 2 is 1.10 bits per heavy atom. The highest BCUT2D eigenvalue weighted by Gasteiger charge is 2.35. The van der Waals surface area contributed by atoms with Crippen molar-refractivity contribution in [2.45, 2.75) is 47.0 Å². The topological polar surface area (TPSA) is 35.5 Å². The third-order valence-corrected chi connectivity index (χ3v) is 10.7. The summed E-state index contributed by atoms with van der Waals surface area (Å²) in [6.45, 7) is 13.5. The van der Waals surface area contributed by atoms with Crippen molar-refractivity contribution < 1.29 is 13.6 Å². The largest absolute Gasteiger partial charge is 0.456 e. The van der Waals surface area contributed by atoms with E-state index in [2.05, 4.69) is 133 Å². The molecule has 0 radical (unpaired) electrons. The molecule has 0 N–H and O–H groups in total. The van der Waals surface area contributed by atoms with Crippen LogP contribution in [0.1, 0.15) is 47.2 Å². The van der Waals surface area contributed by atoms with Crippen LogP contribution in [0.5, 0.6) is 11.5 Å². The highest BCUT2D eigenvalue weighted by atomic mass is 16.5. The van der Waals surface area contributed by atoms with Crippen molar-refractivity contribution in [2.24, 2.45) is 0 Å². The fraction of sp³-hybridized carbons (Fsp3) is 0.156. The molecule has 3 heterocycles. The van der Waals surface area contributed by atoms with Gasteiger partial charge in [-0.05, 0) is 84.3 Å². The Labute approximate surface area is 280 Å². The SMILES string of the molecule is Cc1ccc(-c2ccc(C)c(-c3cccc4c3oc3oc5ccccc5c34)c2C)c(C)c1-c1cccc2c1Oc1ccccc1C2(C)C. The molecule has 0 fully saturated rings. The van der Waals surface area contributed by atoms with E-state index in [-0.39, 0.29) is 5.41 Å². The van der Waals surface area contributed by atoms with Crippen LogP contribution in [0.25, 0.3) is 66.5 Å². The summed E-state index contributed by atoms with van der Waals surface area (Å²) in [5.74, 6) is 2.45. The lowest BCUT2D eigenvalue weighted by Gasteiger charge is -2.35. The minimum Gasteiger partial charge on any atom is -0.456 e. The minimum atomic E-state index is -0.178. The summed E-state index contributed by atoms with van der Waals surface area (Å²) in [5, 5.41) is 3.18. The van der Waals surface area contributed by atoms with Gasteiger partial charge in [0.25, 0.3) is 5.78 Å². The van der Waals surface area contributed by atoms with Crippen LogP contribution in [0.4, 0.5) is 0 Å². The maximum Gasteiger partial charge on any atom is 0.299 e.